The molecule has 2 rings (SSSR count). The molecular formula is C10H10N2O2. The predicted molar refractivity (Wildman–Crippen MR) is 54.9 cm³/mol. The Balaban J connectivity index is 2.51. The van der Waals surface area contributed by atoms with Gasteiger partial charge in [-0.05, 0) is 6.07 Å². The number of amides is 1. The zero-order valence-electron chi connectivity index (χ0n) is 7.70. The summed E-state index contributed by atoms with van der Waals surface area (Å²) in [6.45, 7) is 1.43. The van der Waals surface area contributed by atoms with Crippen LogP contribution in [0.2, 0.25) is 0 Å². The van der Waals surface area contributed by atoms with Crippen molar-refractivity contribution in [3.8, 4) is 0 Å². The highest BCUT2D eigenvalue weighted by Crippen LogP contribution is 2.27. The van der Waals surface area contributed by atoms with E-state index in [0.29, 0.717) is 17.2 Å². The van der Waals surface area contributed by atoms with Crippen LogP contribution in [0, 0.1) is 0 Å². The van der Waals surface area contributed by atoms with E-state index in [-0.39, 0.29) is 5.91 Å². The smallest absolute Gasteiger partial charge is 0.223 e. The van der Waals surface area contributed by atoms with Crippen molar-refractivity contribution >= 4 is 28.4 Å². The van der Waals surface area contributed by atoms with E-state index in [1.807, 2.05) is 12.1 Å². The number of nitrogens with one attached hydrogen (secondary N) is 1. The van der Waals surface area contributed by atoms with E-state index in [9.17, 15) is 4.79 Å². The number of benzene rings is 1. The van der Waals surface area contributed by atoms with Gasteiger partial charge in [0.15, 0.2) is 5.58 Å². The summed E-state index contributed by atoms with van der Waals surface area (Å²) in [7, 11) is 0. The number of nitrogen functional groups attached to an aromatic ring is 1. The molecule has 0 aliphatic rings. The van der Waals surface area contributed by atoms with Crippen LogP contribution in [0.5, 0.6) is 0 Å². The number of nitrogens with two attached hydrogens (primary N) is 1. The Morgan fingerprint density at radius 2 is 2.29 bits per heavy atom. The summed E-state index contributed by atoms with van der Waals surface area (Å²) in [6, 6.07) is 7.21. The van der Waals surface area contributed by atoms with Gasteiger partial charge in [0.25, 0.3) is 0 Å². The van der Waals surface area contributed by atoms with E-state index >= 15 is 0 Å². The first-order valence-electron chi connectivity index (χ1n) is 4.22. The number of fused-ring (bicyclic) bond motifs is 1. The minimum atomic E-state index is -0.164. The number of carbonyl (C=O) groups is 1. The van der Waals surface area contributed by atoms with Gasteiger partial charge in [0.1, 0.15) is 0 Å². The quantitative estimate of drug-likeness (QED) is 0.675. The molecule has 0 unspecified atom stereocenters. The third-order valence-corrected chi connectivity index (χ3v) is 1.87. The first kappa shape index (κ1) is 8.62. The fourth-order valence-corrected chi connectivity index (χ4v) is 1.32. The molecule has 1 amide bonds. The van der Waals surface area contributed by atoms with E-state index in [2.05, 4.69) is 5.32 Å². The van der Waals surface area contributed by atoms with Crippen LogP contribution in [-0.2, 0) is 4.79 Å². The van der Waals surface area contributed by atoms with Crippen LogP contribution >= 0.6 is 0 Å². The van der Waals surface area contributed by atoms with Crippen molar-refractivity contribution < 1.29 is 9.21 Å². The van der Waals surface area contributed by atoms with Gasteiger partial charge in [-0.25, -0.2) is 0 Å². The molecule has 4 nitrogen and oxygen atoms in total. The third-order valence-electron chi connectivity index (χ3n) is 1.87. The normalized spacial score (nSPS) is 10.4. The number of hydrogen-bond acceptors (Lipinski definition) is 3. The summed E-state index contributed by atoms with van der Waals surface area (Å²) in [4.78, 5) is 10.8. The monoisotopic (exact) mass is 190 g/mol. The summed E-state index contributed by atoms with van der Waals surface area (Å²) < 4.78 is 5.35. The molecule has 0 spiro atoms. The zero-order valence-corrected chi connectivity index (χ0v) is 7.70. The molecule has 1 heterocycles. The van der Waals surface area contributed by atoms with Crippen LogP contribution in [0.15, 0.2) is 28.7 Å². The highest BCUT2D eigenvalue weighted by atomic mass is 16.4. The van der Waals surface area contributed by atoms with Crippen molar-refractivity contribution in [3.63, 3.8) is 0 Å². The molecule has 2 aromatic rings. The predicted octanol–water partition coefficient (Wildman–Crippen LogP) is 1.97. The molecule has 72 valence electrons. The number of para-hydroxylation sites is 1. The molecule has 3 N–H and O–H groups in total. The van der Waals surface area contributed by atoms with E-state index < -0.39 is 0 Å². The largest absolute Gasteiger partial charge is 0.438 e. The maximum Gasteiger partial charge on any atom is 0.223 e. The molecule has 0 radical (unpaired) electrons. The molecule has 1 aromatic carbocycles. The van der Waals surface area contributed by atoms with E-state index in [4.69, 9.17) is 10.2 Å². The molecule has 4 heteroatoms. The summed E-state index contributed by atoms with van der Waals surface area (Å²) in [5.74, 6) is 0.257. The van der Waals surface area contributed by atoms with Crippen molar-refractivity contribution in [2.45, 2.75) is 6.92 Å². The second kappa shape index (κ2) is 3.06. The molecule has 0 aliphatic carbocycles. The van der Waals surface area contributed by atoms with Crippen LogP contribution in [0.25, 0.3) is 11.0 Å². The van der Waals surface area contributed by atoms with Gasteiger partial charge < -0.3 is 10.2 Å². The fourth-order valence-electron chi connectivity index (χ4n) is 1.32. The lowest BCUT2D eigenvalue weighted by molar-refractivity contribution is -0.114. The van der Waals surface area contributed by atoms with Gasteiger partial charge in [0, 0.05) is 18.4 Å². The van der Waals surface area contributed by atoms with E-state index in [0.717, 1.165) is 5.39 Å². The van der Waals surface area contributed by atoms with Crippen molar-refractivity contribution in [2.75, 3.05) is 11.1 Å². The lowest BCUT2D eigenvalue weighted by Gasteiger charge is -1.94. The Labute approximate surface area is 80.7 Å². The summed E-state index contributed by atoms with van der Waals surface area (Å²) in [5.41, 5.74) is 6.87. The molecule has 0 fully saturated rings. The minimum Gasteiger partial charge on any atom is -0.438 e. The van der Waals surface area contributed by atoms with Crippen LogP contribution in [0.1, 0.15) is 6.92 Å². The fraction of sp³-hybridized carbons (Fsp3) is 0.100. The Morgan fingerprint density at radius 3 is 2.93 bits per heavy atom. The number of furan rings is 1. The van der Waals surface area contributed by atoms with Crippen molar-refractivity contribution in [2.24, 2.45) is 0 Å². The van der Waals surface area contributed by atoms with E-state index in [1.165, 1.54) is 6.92 Å². The highest BCUT2D eigenvalue weighted by Gasteiger charge is 2.06. The van der Waals surface area contributed by atoms with Gasteiger partial charge >= 0.3 is 0 Å². The minimum absolute atomic E-state index is 0.164. The van der Waals surface area contributed by atoms with E-state index in [1.54, 1.807) is 12.1 Å². The molecule has 0 aliphatic heterocycles. The number of rotatable bonds is 1. The van der Waals surface area contributed by atoms with Crippen LogP contribution < -0.4 is 11.1 Å². The van der Waals surface area contributed by atoms with Crippen LogP contribution in [-0.4, -0.2) is 5.91 Å². The lowest BCUT2D eigenvalue weighted by atomic mass is 10.2. The number of anilines is 2. The van der Waals surface area contributed by atoms with Gasteiger partial charge in [0.05, 0.1) is 5.69 Å². The Hall–Kier alpha value is -1.97. The highest BCUT2D eigenvalue weighted by molar-refractivity contribution is 5.94. The number of hydrogen-bond donors (Lipinski definition) is 2. The SMILES string of the molecule is CC(=O)Nc1cc2cccc(N)c2o1. The van der Waals surface area contributed by atoms with Crippen LogP contribution in [0.4, 0.5) is 11.6 Å². The van der Waals surface area contributed by atoms with Crippen LogP contribution in [0.3, 0.4) is 0 Å². The zero-order chi connectivity index (χ0) is 10.1. The maximum atomic E-state index is 10.8. The maximum absolute atomic E-state index is 10.8. The first-order chi connectivity index (χ1) is 6.66. The van der Waals surface area contributed by atoms with Crippen molar-refractivity contribution in [1.29, 1.82) is 0 Å². The second-order valence-electron chi connectivity index (χ2n) is 3.06. The Kier molecular flexibility index (Phi) is 1.89. The van der Waals surface area contributed by atoms with Gasteiger partial charge in [-0.1, -0.05) is 12.1 Å². The Morgan fingerprint density at radius 1 is 1.50 bits per heavy atom. The Bertz CT molecular complexity index is 488. The lowest BCUT2D eigenvalue weighted by Crippen LogP contribution is -2.04. The molecule has 0 atom stereocenters. The standard InChI is InChI=1S/C10H10N2O2/c1-6(13)12-9-5-7-3-2-4-8(11)10(7)14-9/h2-5H,11H2,1H3,(H,12,13). The molecule has 0 saturated heterocycles. The first-order valence-corrected chi connectivity index (χ1v) is 4.22. The summed E-state index contributed by atoms with van der Waals surface area (Å²) in [5, 5.41) is 3.44. The number of carbonyl (C=O) groups excluding carboxylic acids is 1. The topological polar surface area (TPSA) is 68.3 Å². The van der Waals surface area contributed by atoms with Crippen molar-refractivity contribution in [1.82, 2.24) is 0 Å². The van der Waals surface area contributed by atoms with Gasteiger partial charge in [-0.3, -0.25) is 10.1 Å². The second-order valence-corrected chi connectivity index (χ2v) is 3.06. The van der Waals surface area contributed by atoms with Gasteiger partial charge in [0.2, 0.25) is 11.8 Å². The molecule has 0 saturated carbocycles. The van der Waals surface area contributed by atoms with Gasteiger partial charge in [-0.15, -0.1) is 0 Å². The van der Waals surface area contributed by atoms with Gasteiger partial charge in [-0.2, -0.15) is 0 Å². The van der Waals surface area contributed by atoms with Crippen molar-refractivity contribution in [3.05, 3.63) is 24.3 Å². The summed E-state index contributed by atoms with van der Waals surface area (Å²) in [6.07, 6.45) is 0. The molecular weight excluding hydrogens is 180 g/mol. The molecule has 14 heavy (non-hydrogen) atoms. The average molecular weight is 190 g/mol. The molecule has 0 bridgehead atoms. The third kappa shape index (κ3) is 1.42. The summed E-state index contributed by atoms with van der Waals surface area (Å²) >= 11 is 0. The molecule has 1 aromatic heterocycles. The average Bonchev–Trinajstić information content (AvgIpc) is 2.47.